The minimum atomic E-state index is 0.0140. The van der Waals surface area contributed by atoms with Gasteiger partial charge in [0.15, 0.2) is 5.89 Å². The average Bonchev–Trinajstić information content (AvgIpc) is 2.86. The third-order valence-electron chi connectivity index (χ3n) is 2.87. The van der Waals surface area contributed by atoms with Crippen LogP contribution in [0.4, 0.5) is 5.69 Å². The van der Waals surface area contributed by atoms with E-state index in [-0.39, 0.29) is 5.91 Å². The second-order valence-electron chi connectivity index (χ2n) is 4.52. The van der Waals surface area contributed by atoms with Crippen LogP contribution >= 0.6 is 11.6 Å². The fourth-order valence-electron chi connectivity index (χ4n) is 1.82. The largest absolute Gasteiger partial charge is 0.449 e. The Balaban J connectivity index is 1.93. The Bertz CT molecular complexity index is 564. The molecular formula is C15H17ClN2O2. The Labute approximate surface area is 123 Å². The fourth-order valence-corrected chi connectivity index (χ4v) is 2.01. The number of rotatable bonds is 6. The third-order valence-corrected chi connectivity index (χ3v) is 3.14. The topological polar surface area (TPSA) is 55.1 Å². The number of carbonyl (C=O) groups is 1. The zero-order valence-corrected chi connectivity index (χ0v) is 12.1. The molecule has 0 saturated carbocycles. The van der Waals surface area contributed by atoms with Gasteiger partial charge in [-0.05, 0) is 25.0 Å². The highest BCUT2D eigenvalue weighted by Crippen LogP contribution is 2.20. The van der Waals surface area contributed by atoms with E-state index >= 15 is 0 Å². The number of aryl methyl sites for hydroxylation is 1. The molecule has 0 bridgehead atoms. The first-order chi connectivity index (χ1) is 9.69. The molecule has 1 aromatic carbocycles. The predicted molar refractivity (Wildman–Crippen MR) is 79.9 cm³/mol. The van der Waals surface area contributed by atoms with Crippen molar-refractivity contribution in [2.24, 2.45) is 0 Å². The Morgan fingerprint density at radius 1 is 1.30 bits per heavy atom. The van der Waals surface area contributed by atoms with Crippen molar-refractivity contribution in [3.05, 3.63) is 36.4 Å². The number of nitrogens with zero attached hydrogens (tertiary/aromatic N) is 1. The molecule has 1 amide bonds. The third kappa shape index (κ3) is 4.10. The van der Waals surface area contributed by atoms with E-state index in [0.717, 1.165) is 29.8 Å². The normalized spacial score (nSPS) is 10.5. The number of anilines is 1. The maximum atomic E-state index is 11.7. The molecule has 4 nitrogen and oxygen atoms in total. The molecule has 0 aliphatic heterocycles. The van der Waals surface area contributed by atoms with Gasteiger partial charge in [-0.3, -0.25) is 4.79 Å². The number of carbonyl (C=O) groups excluding carboxylic acids is 1. The molecule has 0 spiro atoms. The molecule has 0 atom stereocenters. The number of aromatic nitrogens is 1. The summed E-state index contributed by atoms with van der Waals surface area (Å²) in [6, 6.07) is 7.54. The smallest absolute Gasteiger partial charge is 0.224 e. The Hall–Kier alpha value is -1.81. The number of unbranched alkanes of at least 4 members (excludes halogenated alkanes) is 1. The summed E-state index contributed by atoms with van der Waals surface area (Å²) in [6.45, 7) is 1.80. The maximum absolute atomic E-state index is 11.7. The van der Waals surface area contributed by atoms with Crippen LogP contribution in [0.5, 0.6) is 0 Å². The van der Waals surface area contributed by atoms with Gasteiger partial charge >= 0.3 is 0 Å². The van der Waals surface area contributed by atoms with Crippen molar-refractivity contribution >= 4 is 23.2 Å². The van der Waals surface area contributed by atoms with Gasteiger partial charge in [-0.1, -0.05) is 12.1 Å². The monoisotopic (exact) mass is 292 g/mol. The summed E-state index contributed by atoms with van der Waals surface area (Å²) in [7, 11) is 0. The van der Waals surface area contributed by atoms with Crippen LogP contribution in [0.1, 0.15) is 25.2 Å². The highest BCUT2D eigenvalue weighted by Gasteiger charge is 2.05. The van der Waals surface area contributed by atoms with E-state index in [1.807, 2.05) is 24.3 Å². The predicted octanol–water partition coefficient (Wildman–Crippen LogP) is 4.00. The molecule has 1 N–H and O–H groups in total. The molecule has 0 saturated heterocycles. The van der Waals surface area contributed by atoms with Gasteiger partial charge in [0.25, 0.3) is 0 Å². The molecule has 0 aliphatic rings. The van der Waals surface area contributed by atoms with E-state index in [1.54, 1.807) is 13.2 Å². The van der Waals surface area contributed by atoms with Gasteiger partial charge in [0, 0.05) is 30.5 Å². The summed E-state index contributed by atoms with van der Waals surface area (Å²) in [4.78, 5) is 15.9. The van der Waals surface area contributed by atoms with Crippen LogP contribution in [0.25, 0.3) is 11.3 Å². The van der Waals surface area contributed by atoms with Gasteiger partial charge in [0.05, 0.1) is 0 Å². The van der Waals surface area contributed by atoms with E-state index < -0.39 is 0 Å². The number of amides is 1. The van der Waals surface area contributed by atoms with E-state index in [9.17, 15) is 4.79 Å². The number of hydrogen-bond acceptors (Lipinski definition) is 3. The van der Waals surface area contributed by atoms with E-state index in [1.165, 1.54) is 0 Å². The Kier molecular flexibility index (Phi) is 5.18. The molecular weight excluding hydrogens is 276 g/mol. The van der Waals surface area contributed by atoms with E-state index in [0.29, 0.717) is 18.2 Å². The molecule has 2 aromatic rings. The summed E-state index contributed by atoms with van der Waals surface area (Å²) in [6.07, 6.45) is 3.79. The molecule has 0 fully saturated rings. The second-order valence-corrected chi connectivity index (χ2v) is 4.90. The zero-order valence-electron chi connectivity index (χ0n) is 11.4. The lowest BCUT2D eigenvalue weighted by Crippen LogP contribution is -2.10. The minimum Gasteiger partial charge on any atom is -0.449 e. The van der Waals surface area contributed by atoms with Gasteiger partial charge in [0.2, 0.25) is 5.91 Å². The quantitative estimate of drug-likeness (QED) is 0.647. The molecule has 0 unspecified atom stereocenters. The molecule has 1 aromatic heterocycles. The Morgan fingerprint density at radius 2 is 2.05 bits per heavy atom. The number of alkyl halides is 1. The van der Waals surface area contributed by atoms with Gasteiger partial charge in [-0.15, -0.1) is 11.6 Å². The summed E-state index contributed by atoms with van der Waals surface area (Å²) in [5.41, 5.74) is 2.54. The van der Waals surface area contributed by atoms with Crippen LogP contribution in [-0.2, 0) is 4.79 Å². The number of oxazole rings is 1. The number of benzene rings is 1. The summed E-state index contributed by atoms with van der Waals surface area (Å²) >= 11 is 5.58. The SMILES string of the molecule is Cc1nc(-c2ccc(NC(=O)CCCCCl)cc2)co1. The van der Waals surface area contributed by atoms with E-state index in [4.69, 9.17) is 16.0 Å². The van der Waals surface area contributed by atoms with Crippen molar-refractivity contribution in [1.82, 2.24) is 4.98 Å². The lowest BCUT2D eigenvalue weighted by Gasteiger charge is -2.05. The fraction of sp³-hybridized carbons (Fsp3) is 0.333. The highest BCUT2D eigenvalue weighted by atomic mass is 35.5. The summed E-state index contributed by atoms with van der Waals surface area (Å²) in [5.74, 6) is 1.25. The van der Waals surface area contributed by atoms with E-state index in [2.05, 4.69) is 10.3 Å². The molecule has 20 heavy (non-hydrogen) atoms. The summed E-state index contributed by atoms with van der Waals surface area (Å²) < 4.78 is 5.18. The minimum absolute atomic E-state index is 0.0140. The van der Waals surface area contributed by atoms with Crippen molar-refractivity contribution in [3.8, 4) is 11.3 Å². The van der Waals surface area contributed by atoms with Crippen molar-refractivity contribution in [2.75, 3.05) is 11.2 Å². The lowest BCUT2D eigenvalue weighted by molar-refractivity contribution is -0.116. The van der Waals surface area contributed by atoms with Crippen LogP contribution in [0.3, 0.4) is 0 Å². The van der Waals surface area contributed by atoms with Crippen molar-refractivity contribution in [1.29, 1.82) is 0 Å². The van der Waals surface area contributed by atoms with Crippen molar-refractivity contribution in [2.45, 2.75) is 26.2 Å². The van der Waals surface area contributed by atoms with Crippen LogP contribution in [0.15, 0.2) is 34.9 Å². The van der Waals surface area contributed by atoms with Gasteiger partial charge in [0.1, 0.15) is 12.0 Å². The van der Waals surface area contributed by atoms with Crippen LogP contribution in [-0.4, -0.2) is 16.8 Å². The molecule has 2 rings (SSSR count). The maximum Gasteiger partial charge on any atom is 0.224 e. The van der Waals surface area contributed by atoms with Gasteiger partial charge in [-0.25, -0.2) is 4.98 Å². The first kappa shape index (κ1) is 14.6. The van der Waals surface area contributed by atoms with Crippen LogP contribution in [0.2, 0.25) is 0 Å². The van der Waals surface area contributed by atoms with Gasteiger partial charge < -0.3 is 9.73 Å². The molecule has 1 heterocycles. The second kappa shape index (κ2) is 7.10. The number of hydrogen-bond donors (Lipinski definition) is 1. The lowest BCUT2D eigenvalue weighted by atomic mass is 10.1. The van der Waals surface area contributed by atoms with Crippen LogP contribution in [0, 0.1) is 6.92 Å². The molecule has 5 heteroatoms. The van der Waals surface area contributed by atoms with Crippen LogP contribution < -0.4 is 5.32 Å². The first-order valence-corrected chi connectivity index (χ1v) is 7.11. The number of halogens is 1. The molecule has 106 valence electrons. The van der Waals surface area contributed by atoms with Crippen molar-refractivity contribution in [3.63, 3.8) is 0 Å². The first-order valence-electron chi connectivity index (χ1n) is 6.57. The summed E-state index contributed by atoms with van der Waals surface area (Å²) in [5, 5.41) is 2.86. The highest BCUT2D eigenvalue weighted by molar-refractivity contribution is 6.17. The standard InChI is InChI=1S/C15H17ClN2O2/c1-11-17-14(10-20-11)12-5-7-13(8-6-12)18-15(19)4-2-3-9-16/h5-8,10H,2-4,9H2,1H3,(H,18,19). The molecule has 0 radical (unpaired) electrons. The van der Waals surface area contributed by atoms with Crippen molar-refractivity contribution < 1.29 is 9.21 Å². The average molecular weight is 293 g/mol. The van der Waals surface area contributed by atoms with Gasteiger partial charge in [-0.2, -0.15) is 0 Å². The number of nitrogens with one attached hydrogen (secondary N) is 1. The molecule has 0 aliphatic carbocycles. The Morgan fingerprint density at radius 3 is 2.65 bits per heavy atom. The zero-order chi connectivity index (χ0) is 14.4.